The molecule has 0 amide bonds. The van der Waals surface area contributed by atoms with Gasteiger partial charge in [0.25, 0.3) is 0 Å². The maximum Gasteiger partial charge on any atom is 0.162 e. The highest BCUT2D eigenvalue weighted by atomic mass is 35.5. The van der Waals surface area contributed by atoms with Crippen LogP contribution in [0.5, 0.6) is 0 Å². The number of benzene rings is 1. The van der Waals surface area contributed by atoms with Gasteiger partial charge in [-0.25, -0.2) is 4.68 Å². The number of thioether (sulfide) groups is 1. The van der Waals surface area contributed by atoms with Crippen LogP contribution in [0, 0.1) is 16.7 Å². The first-order valence-corrected chi connectivity index (χ1v) is 11.0. The Morgan fingerprint density at radius 3 is 2.47 bits per heavy atom. The summed E-state index contributed by atoms with van der Waals surface area (Å²) in [4.78, 5) is 1.92. The lowest BCUT2D eigenvalue weighted by Gasteiger charge is -2.35. The highest BCUT2D eigenvalue weighted by molar-refractivity contribution is 8.26. The number of hydrogen-bond acceptors (Lipinski definition) is 6. The molecule has 0 saturated heterocycles. The molecule has 9 heteroatoms. The zero-order valence-corrected chi connectivity index (χ0v) is 19.8. The van der Waals surface area contributed by atoms with Crippen LogP contribution in [0.3, 0.4) is 0 Å². The molecule has 0 bridgehead atoms. The molecule has 164 valence electrons. The van der Waals surface area contributed by atoms with Gasteiger partial charge in [0.05, 0.1) is 10.7 Å². The summed E-state index contributed by atoms with van der Waals surface area (Å²) in [7, 11) is 1.90. The monoisotopic (exact) mass is 449 g/mol. The van der Waals surface area contributed by atoms with Gasteiger partial charge in [0.15, 0.2) is 5.17 Å². The number of amidine groups is 1. The van der Waals surface area contributed by atoms with Gasteiger partial charge in [-0.15, -0.1) is 0 Å². The van der Waals surface area contributed by atoms with Crippen LogP contribution in [0.2, 0.25) is 5.02 Å². The highest BCUT2D eigenvalue weighted by Crippen LogP contribution is 2.27. The molecule has 7 nitrogen and oxygen atoms in total. The minimum atomic E-state index is -0.332. The van der Waals surface area contributed by atoms with Crippen LogP contribution in [-0.4, -0.2) is 43.5 Å². The van der Waals surface area contributed by atoms with Crippen molar-refractivity contribution in [3.05, 3.63) is 41.0 Å². The average Bonchev–Trinajstić information content (AvgIpc) is 3.05. The number of hydrogen-bond donors (Lipinski definition) is 4. The molecular weight excluding hydrogens is 418 g/mol. The summed E-state index contributed by atoms with van der Waals surface area (Å²) in [5.74, 6) is 0.905. The number of nitrogens with two attached hydrogens (primary N) is 2. The van der Waals surface area contributed by atoms with E-state index < -0.39 is 0 Å². The van der Waals surface area contributed by atoms with Crippen molar-refractivity contribution >= 4 is 39.4 Å². The first-order chi connectivity index (χ1) is 13.9. The standard InChI is InChI=1S/C21H32ClN7S/c1-13(2)10-15(12-21(3,4)26)28(5)20(25)30-19(24)16-7-6-14(11-17(16)22)29-9-8-18(23)27-29/h6-9,11,13,15,24-25H,10,12,26H2,1-5H3,(H2,23,27). The van der Waals surface area contributed by atoms with Gasteiger partial charge < -0.3 is 16.4 Å². The molecule has 6 N–H and O–H groups in total. The third-order valence-electron chi connectivity index (χ3n) is 4.64. The van der Waals surface area contributed by atoms with Crippen molar-refractivity contribution in [2.45, 2.75) is 52.1 Å². The summed E-state index contributed by atoms with van der Waals surface area (Å²) in [5, 5.41) is 22.1. The van der Waals surface area contributed by atoms with Crippen LogP contribution in [-0.2, 0) is 0 Å². The average molecular weight is 450 g/mol. The summed E-state index contributed by atoms with van der Waals surface area (Å²) in [6.45, 7) is 8.33. The first-order valence-electron chi connectivity index (χ1n) is 9.85. The molecular formula is C21H32ClN7S. The van der Waals surface area contributed by atoms with Crippen LogP contribution in [0.15, 0.2) is 30.5 Å². The number of anilines is 1. The summed E-state index contributed by atoms with van der Waals surface area (Å²) in [5.41, 5.74) is 12.9. The Balaban J connectivity index is 2.12. The molecule has 0 aliphatic rings. The Labute approximate surface area is 188 Å². The number of nitrogen functional groups attached to an aromatic ring is 1. The van der Waals surface area contributed by atoms with Crippen molar-refractivity contribution in [2.24, 2.45) is 11.7 Å². The number of nitrogens with zero attached hydrogens (tertiary/aromatic N) is 3. The lowest BCUT2D eigenvalue weighted by molar-refractivity contribution is 0.255. The molecule has 1 atom stereocenters. The van der Waals surface area contributed by atoms with Gasteiger partial charge in [0.2, 0.25) is 0 Å². The molecule has 1 aromatic carbocycles. The van der Waals surface area contributed by atoms with Crippen LogP contribution in [0.4, 0.5) is 5.82 Å². The molecule has 0 aliphatic carbocycles. The zero-order valence-electron chi connectivity index (χ0n) is 18.2. The van der Waals surface area contributed by atoms with Gasteiger partial charge in [0, 0.05) is 36.5 Å². The van der Waals surface area contributed by atoms with Gasteiger partial charge in [-0.3, -0.25) is 10.8 Å². The van der Waals surface area contributed by atoms with Crippen LogP contribution in [0.1, 0.15) is 46.1 Å². The highest BCUT2D eigenvalue weighted by Gasteiger charge is 2.26. The smallest absolute Gasteiger partial charge is 0.162 e. The Hall–Kier alpha value is -2.03. The third-order valence-corrected chi connectivity index (χ3v) is 5.86. The summed E-state index contributed by atoms with van der Waals surface area (Å²) in [6.07, 6.45) is 3.44. The molecule has 2 aromatic rings. The minimum absolute atomic E-state index is 0.126. The number of halogens is 1. The van der Waals surface area contributed by atoms with E-state index >= 15 is 0 Å². The van der Waals surface area contributed by atoms with Gasteiger partial charge in [0.1, 0.15) is 10.9 Å². The second kappa shape index (κ2) is 9.85. The second-order valence-corrected chi connectivity index (χ2v) is 10.1. The lowest BCUT2D eigenvalue weighted by atomic mass is 9.90. The first kappa shape index (κ1) is 24.2. The van der Waals surface area contributed by atoms with E-state index in [4.69, 9.17) is 33.9 Å². The van der Waals surface area contributed by atoms with E-state index in [-0.39, 0.29) is 16.6 Å². The molecule has 0 aliphatic heterocycles. The van der Waals surface area contributed by atoms with E-state index in [1.54, 1.807) is 29.1 Å². The molecule has 0 saturated carbocycles. The molecule has 0 spiro atoms. The predicted molar refractivity (Wildman–Crippen MR) is 129 cm³/mol. The third kappa shape index (κ3) is 6.75. The number of nitrogens with one attached hydrogen (secondary N) is 2. The Kier molecular flexibility index (Phi) is 7.96. The van der Waals surface area contributed by atoms with E-state index in [0.29, 0.717) is 27.5 Å². The SMILES string of the molecule is CC(C)CC(CC(C)(C)N)N(C)C(=N)SC(=N)c1ccc(-n2ccc(N)n2)cc1Cl. The van der Waals surface area contributed by atoms with E-state index in [2.05, 4.69) is 18.9 Å². The molecule has 2 rings (SSSR count). The van der Waals surface area contributed by atoms with Crippen molar-refractivity contribution in [3.63, 3.8) is 0 Å². The Bertz CT molecular complexity index is 901. The Morgan fingerprint density at radius 2 is 1.97 bits per heavy atom. The van der Waals surface area contributed by atoms with Crippen molar-refractivity contribution in [2.75, 3.05) is 12.8 Å². The molecule has 0 radical (unpaired) electrons. The summed E-state index contributed by atoms with van der Waals surface area (Å²) >= 11 is 7.52. The van der Waals surface area contributed by atoms with Crippen molar-refractivity contribution in [1.29, 1.82) is 10.8 Å². The molecule has 1 unspecified atom stereocenters. The van der Waals surface area contributed by atoms with E-state index in [1.807, 2.05) is 31.9 Å². The van der Waals surface area contributed by atoms with Crippen LogP contribution < -0.4 is 11.5 Å². The second-order valence-electron chi connectivity index (χ2n) is 8.67. The summed E-state index contributed by atoms with van der Waals surface area (Å²) in [6, 6.07) is 7.17. The van der Waals surface area contributed by atoms with Crippen molar-refractivity contribution in [1.82, 2.24) is 14.7 Å². The van der Waals surface area contributed by atoms with Crippen molar-refractivity contribution in [3.8, 4) is 5.69 Å². The predicted octanol–water partition coefficient (Wildman–Crippen LogP) is 4.58. The van der Waals surface area contributed by atoms with Gasteiger partial charge >= 0.3 is 0 Å². The molecule has 1 heterocycles. The van der Waals surface area contributed by atoms with Gasteiger partial charge in [-0.2, -0.15) is 5.10 Å². The molecule has 30 heavy (non-hydrogen) atoms. The van der Waals surface area contributed by atoms with E-state index in [9.17, 15) is 0 Å². The largest absolute Gasteiger partial charge is 0.382 e. The fraction of sp³-hybridized carbons (Fsp3) is 0.476. The number of rotatable bonds is 7. The Morgan fingerprint density at radius 1 is 1.30 bits per heavy atom. The summed E-state index contributed by atoms with van der Waals surface area (Å²) < 4.78 is 1.63. The lowest BCUT2D eigenvalue weighted by Crippen LogP contribution is -2.44. The van der Waals surface area contributed by atoms with Crippen molar-refractivity contribution < 1.29 is 0 Å². The van der Waals surface area contributed by atoms with Gasteiger partial charge in [-0.05, 0) is 62.6 Å². The fourth-order valence-corrected chi connectivity index (χ4v) is 4.33. The number of aromatic nitrogens is 2. The van der Waals surface area contributed by atoms with E-state index in [0.717, 1.165) is 30.3 Å². The minimum Gasteiger partial charge on any atom is -0.382 e. The van der Waals surface area contributed by atoms with E-state index in [1.165, 1.54) is 0 Å². The van der Waals surface area contributed by atoms with Crippen LogP contribution >= 0.6 is 23.4 Å². The normalized spacial score (nSPS) is 12.8. The topological polar surface area (TPSA) is 121 Å². The maximum absolute atomic E-state index is 8.54. The van der Waals surface area contributed by atoms with Crippen LogP contribution in [0.25, 0.3) is 5.69 Å². The molecule has 1 aromatic heterocycles. The quantitative estimate of drug-likeness (QED) is 0.364. The maximum atomic E-state index is 8.54. The molecule has 0 fully saturated rings. The fourth-order valence-electron chi connectivity index (χ4n) is 3.23. The zero-order chi connectivity index (χ0) is 22.6. The van der Waals surface area contributed by atoms with Gasteiger partial charge in [-0.1, -0.05) is 25.4 Å².